The Hall–Kier alpha value is -1.11. The van der Waals surface area contributed by atoms with Crippen LogP contribution in [-0.4, -0.2) is 5.78 Å². The van der Waals surface area contributed by atoms with Crippen molar-refractivity contribution in [3.8, 4) is 0 Å². The van der Waals surface area contributed by atoms with E-state index in [0.717, 1.165) is 12.0 Å². The van der Waals surface area contributed by atoms with Crippen molar-refractivity contribution in [3.63, 3.8) is 0 Å². The largest absolute Gasteiger partial charge is 0.294 e. The van der Waals surface area contributed by atoms with Crippen LogP contribution in [-0.2, 0) is 6.42 Å². The second kappa shape index (κ2) is 3.69. The van der Waals surface area contributed by atoms with Crippen molar-refractivity contribution < 1.29 is 4.79 Å². The summed E-state index contributed by atoms with van der Waals surface area (Å²) in [6, 6.07) is 8.33. The normalized spacial score (nSPS) is 37.9. The van der Waals surface area contributed by atoms with Crippen LogP contribution in [0.5, 0.6) is 0 Å². The Balaban J connectivity index is 1.84. The third kappa shape index (κ3) is 1.20. The van der Waals surface area contributed by atoms with Crippen molar-refractivity contribution in [2.45, 2.75) is 44.9 Å². The maximum absolute atomic E-state index is 13.0. The number of carbonyl (C=O) groups is 1. The van der Waals surface area contributed by atoms with Gasteiger partial charge < -0.3 is 0 Å². The van der Waals surface area contributed by atoms with Crippen molar-refractivity contribution >= 4 is 5.78 Å². The summed E-state index contributed by atoms with van der Waals surface area (Å²) >= 11 is 0. The Morgan fingerprint density at radius 3 is 2.17 bits per heavy atom. The molecule has 1 spiro atoms. The molecule has 0 aromatic heterocycles. The van der Waals surface area contributed by atoms with Crippen LogP contribution in [0.4, 0.5) is 0 Å². The molecule has 2 fully saturated rings. The standard InChI is InChI=1S/C17H20O/c18-16-15-10-2-1-5-12(15)11-17(16)13-6-3-7-14(17)9-4-8-13/h1-2,5,10,13-14H,3-4,6-9,11H2. The van der Waals surface area contributed by atoms with Crippen LogP contribution in [0.1, 0.15) is 54.4 Å². The predicted molar refractivity (Wildman–Crippen MR) is 71.6 cm³/mol. The Morgan fingerprint density at radius 2 is 1.56 bits per heavy atom. The zero-order valence-electron chi connectivity index (χ0n) is 10.8. The fourth-order valence-electron chi connectivity index (χ4n) is 5.08. The van der Waals surface area contributed by atoms with Gasteiger partial charge in [-0.15, -0.1) is 0 Å². The number of hydrogen-bond donors (Lipinski definition) is 0. The lowest BCUT2D eigenvalue weighted by atomic mass is 9.53. The summed E-state index contributed by atoms with van der Waals surface area (Å²) in [6.07, 6.45) is 8.89. The number of hydrogen-bond acceptors (Lipinski definition) is 1. The molecule has 1 aromatic carbocycles. The van der Waals surface area contributed by atoms with Gasteiger partial charge in [-0.1, -0.05) is 37.1 Å². The second-order valence-electron chi connectivity index (χ2n) is 6.46. The van der Waals surface area contributed by atoms with Gasteiger partial charge in [0.15, 0.2) is 5.78 Å². The molecule has 1 heteroatoms. The van der Waals surface area contributed by atoms with E-state index >= 15 is 0 Å². The van der Waals surface area contributed by atoms with Gasteiger partial charge in [-0.2, -0.15) is 0 Å². The van der Waals surface area contributed by atoms with E-state index in [2.05, 4.69) is 18.2 Å². The first-order chi connectivity index (χ1) is 8.82. The lowest BCUT2D eigenvalue weighted by molar-refractivity contribution is 0.00120. The third-order valence-electron chi connectivity index (χ3n) is 5.84. The highest BCUT2D eigenvalue weighted by Crippen LogP contribution is 2.59. The van der Waals surface area contributed by atoms with Crippen LogP contribution in [0.15, 0.2) is 24.3 Å². The molecule has 0 atom stereocenters. The van der Waals surface area contributed by atoms with Crippen molar-refractivity contribution in [2.75, 3.05) is 0 Å². The minimum atomic E-state index is 0.0141. The predicted octanol–water partition coefficient (Wildman–Crippen LogP) is 4.01. The lowest BCUT2D eigenvalue weighted by Crippen LogP contribution is -2.48. The fourth-order valence-corrected chi connectivity index (χ4v) is 5.08. The van der Waals surface area contributed by atoms with Gasteiger partial charge in [-0.25, -0.2) is 0 Å². The highest BCUT2D eigenvalue weighted by atomic mass is 16.1. The molecule has 1 aromatic rings. The molecule has 18 heavy (non-hydrogen) atoms. The SMILES string of the molecule is O=C1c2ccccc2CC12C1CCCC2CCC1. The van der Waals surface area contributed by atoms with Crippen LogP contribution in [0.2, 0.25) is 0 Å². The first-order valence-electron chi connectivity index (χ1n) is 7.45. The lowest BCUT2D eigenvalue weighted by Gasteiger charge is -2.50. The van der Waals surface area contributed by atoms with Gasteiger partial charge >= 0.3 is 0 Å². The van der Waals surface area contributed by atoms with Crippen LogP contribution < -0.4 is 0 Å². The molecule has 1 nitrogen and oxygen atoms in total. The zero-order chi connectivity index (χ0) is 12.2. The van der Waals surface area contributed by atoms with E-state index < -0.39 is 0 Å². The smallest absolute Gasteiger partial charge is 0.170 e. The molecule has 4 rings (SSSR count). The van der Waals surface area contributed by atoms with Crippen molar-refractivity contribution in [2.24, 2.45) is 17.3 Å². The first-order valence-corrected chi connectivity index (χ1v) is 7.45. The average Bonchev–Trinajstić information content (AvgIpc) is 2.64. The molecule has 0 amide bonds. The van der Waals surface area contributed by atoms with Gasteiger partial charge in [0, 0.05) is 11.0 Å². The molecule has 0 N–H and O–H groups in total. The number of ketones is 1. The molecule has 0 radical (unpaired) electrons. The Morgan fingerprint density at radius 1 is 0.944 bits per heavy atom. The quantitative estimate of drug-likeness (QED) is 0.669. The summed E-state index contributed by atoms with van der Waals surface area (Å²) in [5.41, 5.74) is 2.37. The third-order valence-corrected chi connectivity index (χ3v) is 5.84. The van der Waals surface area contributed by atoms with Crippen LogP contribution in [0, 0.1) is 17.3 Å². The van der Waals surface area contributed by atoms with E-state index in [9.17, 15) is 4.79 Å². The minimum absolute atomic E-state index is 0.0141. The maximum Gasteiger partial charge on any atom is 0.170 e. The molecule has 0 unspecified atom stereocenters. The number of Topliss-reactive ketones (excluding diaryl/α,β-unsaturated/α-hetero) is 1. The zero-order valence-corrected chi connectivity index (χ0v) is 10.8. The van der Waals surface area contributed by atoms with Crippen molar-refractivity contribution in [1.29, 1.82) is 0 Å². The number of carbonyl (C=O) groups excluding carboxylic acids is 1. The summed E-state index contributed by atoms with van der Waals surface area (Å²) in [6.45, 7) is 0. The molecule has 2 saturated carbocycles. The molecule has 3 aliphatic carbocycles. The molecule has 3 aliphatic rings. The van der Waals surface area contributed by atoms with Crippen LogP contribution in [0.3, 0.4) is 0 Å². The number of fused-ring (bicyclic) bond motifs is 1. The molecule has 0 saturated heterocycles. The van der Waals surface area contributed by atoms with E-state index in [1.807, 2.05) is 6.07 Å². The van der Waals surface area contributed by atoms with Crippen LogP contribution >= 0.6 is 0 Å². The van der Waals surface area contributed by atoms with E-state index in [0.29, 0.717) is 17.6 Å². The Kier molecular flexibility index (Phi) is 2.21. The van der Waals surface area contributed by atoms with Gasteiger partial charge in [-0.05, 0) is 49.5 Å². The molecular weight excluding hydrogens is 220 g/mol. The van der Waals surface area contributed by atoms with Crippen molar-refractivity contribution in [1.82, 2.24) is 0 Å². The van der Waals surface area contributed by atoms with Gasteiger partial charge in [0.05, 0.1) is 0 Å². The molecule has 94 valence electrons. The highest BCUT2D eigenvalue weighted by molar-refractivity contribution is 6.05. The molecule has 0 aliphatic heterocycles. The number of rotatable bonds is 0. The Bertz CT molecular complexity index is 480. The second-order valence-corrected chi connectivity index (χ2v) is 6.46. The van der Waals surface area contributed by atoms with Gasteiger partial charge in [0.2, 0.25) is 0 Å². The van der Waals surface area contributed by atoms with E-state index in [1.165, 1.54) is 44.1 Å². The van der Waals surface area contributed by atoms with E-state index in [4.69, 9.17) is 0 Å². The summed E-state index contributed by atoms with van der Waals surface area (Å²) in [5, 5.41) is 0. The first kappa shape index (κ1) is 10.8. The van der Waals surface area contributed by atoms with Crippen LogP contribution in [0.25, 0.3) is 0 Å². The molecule has 2 bridgehead atoms. The topological polar surface area (TPSA) is 17.1 Å². The van der Waals surface area contributed by atoms with Gasteiger partial charge in [0.1, 0.15) is 0 Å². The average molecular weight is 240 g/mol. The summed E-state index contributed by atoms with van der Waals surface area (Å²) in [7, 11) is 0. The monoisotopic (exact) mass is 240 g/mol. The van der Waals surface area contributed by atoms with E-state index in [-0.39, 0.29) is 5.41 Å². The molecular formula is C17H20O. The minimum Gasteiger partial charge on any atom is -0.294 e. The maximum atomic E-state index is 13.0. The van der Waals surface area contributed by atoms with Crippen molar-refractivity contribution in [3.05, 3.63) is 35.4 Å². The van der Waals surface area contributed by atoms with Gasteiger partial charge in [0.25, 0.3) is 0 Å². The number of benzene rings is 1. The summed E-state index contributed by atoms with van der Waals surface area (Å²) in [5.74, 6) is 1.84. The summed E-state index contributed by atoms with van der Waals surface area (Å²) in [4.78, 5) is 13.0. The summed E-state index contributed by atoms with van der Waals surface area (Å²) < 4.78 is 0. The molecule has 0 heterocycles. The Labute approximate surface area is 109 Å². The fraction of sp³-hybridized carbons (Fsp3) is 0.588. The van der Waals surface area contributed by atoms with E-state index in [1.54, 1.807) is 0 Å². The highest BCUT2D eigenvalue weighted by Gasteiger charge is 2.57. The van der Waals surface area contributed by atoms with Gasteiger partial charge in [-0.3, -0.25) is 4.79 Å².